The minimum Gasteiger partial charge on any atom is -0.496 e. The lowest BCUT2D eigenvalue weighted by atomic mass is 10.1. The third-order valence-corrected chi connectivity index (χ3v) is 3.30. The largest absolute Gasteiger partial charge is 0.496 e. The van der Waals surface area contributed by atoms with E-state index < -0.39 is 11.7 Å². The first-order chi connectivity index (χ1) is 7.93. The highest BCUT2D eigenvalue weighted by Crippen LogP contribution is 2.37. The highest BCUT2D eigenvalue weighted by molar-refractivity contribution is 7.98. The molecule has 0 aliphatic carbocycles. The Morgan fingerprint density at radius 2 is 2.00 bits per heavy atom. The van der Waals surface area contributed by atoms with E-state index in [1.165, 1.54) is 24.9 Å². The van der Waals surface area contributed by atoms with E-state index in [9.17, 15) is 13.2 Å². The van der Waals surface area contributed by atoms with Crippen molar-refractivity contribution >= 4 is 11.8 Å². The fourth-order valence-corrected chi connectivity index (χ4v) is 2.19. The van der Waals surface area contributed by atoms with Crippen molar-refractivity contribution in [2.45, 2.75) is 11.6 Å². The molecule has 1 rings (SSSR count). The van der Waals surface area contributed by atoms with Crippen LogP contribution >= 0.6 is 11.8 Å². The molecule has 1 aromatic rings. The molecule has 0 radical (unpaired) electrons. The second-order valence-electron chi connectivity index (χ2n) is 3.36. The highest BCUT2D eigenvalue weighted by Gasteiger charge is 2.31. The Kier molecular flexibility index (Phi) is 4.70. The number of hydrogen-bond donors (Lipinski definition) is 1. The molecule has 6 heteroatoms. The standard InChI is InChI=1S/C11H14F3NOS/c1-15-10(17-3)8-5-4-7(11(12,13)14)6-9(8)16-2/h4-6,10,15H,1-3H3. The van der Waals surface area contributed by atoms with Crippen molar-refractivity contribution in [1.29, 1.82) is 0 Å². The predicted molar refractivity (Wildman–Crippen MR) is 63.3 cm³/mol. The van der Waals surface area contributed by atoms with E-state index in [-0.39, 0.29) is 11.1 Å². The third-order valence-electron chi connectivity index (χ3n) is 2.34. The van der Waals surface area contributed by atoms with Gasteiger partial charge in [-0.2, -0.15) is 13.2 Å². The van der Waals surface area contributed by atoms with Crippen LogP contribution in [-0.4, -0.2) is 20.4 Å². The normalized spacial score (nSPS) is 13.5. The summed E-state index contributed by atoms with van der Waals surface area (Å²) in [6.07, 6.45) is -2.47. The number of thioether (sulfide) groups is 1. The number of rotatable bonds is 4. The Labute approximate surface area is 103 Å². The first kappa shape index (κ1) is 14.2. The smallest absolute Gasteiger partial charge is 0.416 e. The van der Waals surface area contributed by atoms with Crippen LogP contribution in [0.15, 0.2) is 18.2 Å². The number of alkyl halides is 3. The van der Waals surface area contributed by atoms with Gasteiger partial charge in [-0.25, -0.2) is 0 Å². The summed E-state index contributed by atoms with van der Waals surface area (Å²) in [5, 5.41) is 2.91. The maximum Gasteiger partial charge on any atom is 0.416 e. The summed E-state index contributed by atoms with van der Waals surface area (Å²) in [4.78, 5) is 0. The fraction of sp³-hybridized carbons (Fsp3) is 0.455. The summed E-state index contributed by atoms with van der Waals surface area (Å²) in [6.45, 7) is 0. The van der Waals surface area contributed by atoms with Gasteiger partial charge in [-0.15, -0.1) is 11.8 Å². The van der Waals surface area contributed by atoms with Crippen molar-refractivity contribution in [3.63, 3.8) is 0 Å². The summed E-state index contributed by atoms with van der Waals surface area (Å²) in [6, 6.07) is 3.54. The number of halogens is 3. The van der Waals surface area contributed by atoms with Crippen LogP contribution in [0.25, 0.3) is 0 Å². The van der Waals surface area contributed by atoms with Crippen molar-refractivity contribution in [2.75, 3.05) is 20.4 Å². The zero-order chi connectivity index (χ0) is 13.1. The Bertz CT molecular complexity index is 377. The molecule has 17 heavy (non-hydrogen) atoms. The SMILES string of the molecule is CNC(SC)c1ccc(C(F)(F)F)cc1OC. The van der Waals surface area contributed by atoms with E-state index in [4.69, 9.17) is 4.74 Å². The molecule has 1 atom stereocenters. The van der Waals surface area contributed by atoms with Crippen LogP contribution in [0.4, 0.5) is 13.2 Å². The zero-order valence-electron chi connectivity index (χ0n) is 9.76. The number of nitrogens with one attached hydrogen (secondary N) is 1. The lowest BCUT2D eigenvalue weighted by Gasteiger charge is -2.18. The lowest BCUT2D eigenvalue weighted by Crippen LogP contribution is -2.14. The minimum atomic E-state index is -4.35. The maximum absolute atomic E-state index is 12.5. The van der Waals surface area contributed by atoms with Crippen LogP contribution in [0.5, 0.6) is 5.75 Å². The average molecular weight is 265 g/mol. The lowest BCUT2D eigenvalue weighted by molar-refractivity contribution is -0.137. The van der Waals surface area contributed by atoms with Gasteiger partial charge in [0.25, 0.3) is 0 Å². The predicted octanol–water partition coefficient (Wildman–Crippen LogP) is 3.30. The molecule has 2 nitrogen and oxygen atoms in total. The Morgan fingerprint density at radius 3 is 2.41 bits per heavy atom. The van der Waals surface area contributed by atoms with Crippen LogP contribution in [0, 0.1) is 0 Å². The molecule has 0 aromatic heterocycles. The molecular formula is C11H14F3NOS. The number of hydrogen-bond acceptors (Lipinski definition) is 3. The molecule has 0 aliphatic heterocycles. The van der Waals surface area contributed by atoms with Crippen molar-refractivity contribution in [2.24, 2.45) is 0 Å². The molecule has 1 N–H and O–H groups in total. The van der Waals surface area contributed by atoms with Gasteiger partial charge in [0.15, 0.2) is 0 Å². The number of methoxy groups -OCH3 is 1. The Hall–Kier alpha value is -0.880. The van der Waals surface area contributed by atoms with Crippen LogP contribution in [0.3, 0.4) is 0 Å². The van der Waals surface area contributed by atoms with Gasteiger partial charge in [0.1, 0.15) is 5.75 Å². The molecule has 0 amide bonds. The maximum atomic E-state index is 12.5. The minimum absolute atomic E-state index is 0.0905. The van der Waals surface area contributed by atoms with Crippen LogP contribution in [0.2, 0.25) is 0 Å². The van der Waals surface area contributed by atoms with Crippen LogP contribution in [-0.2, 0) is 6.18 Å². The molecule has 0 saturated heterocycles. The van der Waals surface area contributed by atoms with Gasteiger partial charge >= 0.3 is 6.18 Å². The summed E-state index contributed by atoms with van der Waals surface area (Å²) in [5.74, 6) is 0.244. The summed E-state index contributed by atoms with van der Waals surface area (Å²) < 4.78 is 42.6. The van der Waals surface area contributed by atoms with Crippen molar-refractivity contribution in [3.05, 3.63) is 29.3 Å². The molecular weight excluding hydrogens is 251 g/mol. The molecule has 0 fully saturated rings. The molecule has 0 saturated carbocycles. The number of benzene rings is 1. The summed E-state index contributed by atoms with van der Waals surface area (Å²) >= 11 is 1.49. The van der Waals surface area contributed by atoms with E-state index in [1.807, 2.05) is 6.26 Å². The van der Waals surface area contributed by atoms with Gasteiger partial charge < -0.3 is 10.1 Å². The van der Waals surface area contributed by atoms with Gasteiger partial charge in [0, 0.05) is 5.56 Å². The monoisotopic (exact) mass is 265 g/mol. The molecule has 0 aliphatic rings. The first-order valence-corrected chi connectivity index (χ1v) is 6.18. The molecule has 1 unspecified atom stereocenters. The van der Waals surface area contributed by atoms with Gasteiger partial charge in [0.2, 0.25) is 0 Å². The first-order valence-electron chi connectivity index (χ1n) is 4.89. The van der Waals surface area contributed by atoms with Gasteiger partial charge in [0.05, 0.1) is 18.0 Å². The van der Waals surface area contributed by atoms with Crippen LogP contribution in [0.1, 0.15) is 16.5 Å². The topological polar surface area (TPSA) is 21.3 Å². The molecule has 0 spiro atoms. The van der Waals surface area contributed by atoms with Crippen LogP contribution < -0.4 is 10.1 Å². The van der Waals surface area contributed by atoms with Crippen molar-refractivity contribution in [3.8, 4) is 5.75 Å². The Balaban J connectivity index is 3.18. The molecule has 1 aromatic carbocycles. The van der Waals surface area contributed by atoms with Crippen molar-refractivity contribution < 1.29 is 17.9 Å². The number of ether oxygens (including phenoxy) is 1. The van der Waals surface area contributed by atoms with E-state index in [2.05, 4.69) is 5.32 Å². The van der Waals surface area contributed by atoms with Gasteiger partial charge in [-0.1, -0.05) is 6.07 Å². The van der Waals surface area contributed by atoms with Gasteiger partial charge in [-0.05, 0) is 25.4 Å². The average Bonchev–Trinajstić information content (AvgIpc) is 2.29. The Morgan fingerprint density at radius 1 is 1.35 bits per heavy atom. The second kappa shape index (κ2) is 5.64. The molecule has 96 valence electrons. The molecule has 0 bridgehead atoms. The van der Waals surface area contributed by atoms with Gasteiger partial charge in [-0.3, -0.25) is 0 Å². The van der Waals surface area contributed by atoms with Crippen molar-refractivity contribution in [1.82, 2.24) is 5.32 Å². The molecule has 0 heterocycles. The highest BCUT2D eigenvalue weighted by atomic mass is 32.2. The second-order valence-corrected chi connectivity index (χ2v) is 4.30. The van der Waals surface area contributed by atoms with E-state index in [0.29, 0.717) is 5.56 Å². The summed E-state index contributed by atoms with van der Waals surface area (Å²) in [5.41, 5.74) is 0.00422. The fourth-order valence-electron chi connectivity index (χ4n) is 1.50. The third kappa shape index (κ3) is 3.29. The summed E-state index contributed by atoms with van der Waals surface area (Å²) in [7, 11) is 3.12. The van der Waals surface area contributed by atoms with E-state index in [1.54, 1.807) is 7.05 Å². The van der Waals surface area contributed by atoms with E-state index >= 15 is 0 Å². The zero-order valence-corrected chi connectivity index (χ0v) is 10.6. The van der Waals surface area contributed by atoms with E-state index in [0.717, 1.165) is 12.1 Å². The quantitative estimate of drug-likeness (QED) is 0.844.